The summed E-state index contributed by atoms with van der Waals surface area (Å²) < 4.78 is 5.22. The van der Waals surface area contributed by atoms with Gasteiger partial charge in [-0.15, -0.1) is 0 Å². The summed E-state index contributed by atoms with van der Waals surface area (Å²) in [4.78, 5) is 12.2. The third kappa shape index (κ3) is 4.97. The van der Waals surface area contributed by atoms with Crippen LogP contribution < -0.4 is 39.9 Å². The molecule has 0 spiro atoms. The standard InChI is InChI=1S/C23H24O2P.HI/c1-2-25-23(24)18-19-26(20-12-6-3-7-13-20,21-14-8-4-9-15-21)22-16-10-5-11-17-22;/h3-17H,2,18-19H2,1H3;1H/q+1;/p-1. The van der Waals surface area contributed by atoms with E-state index in [1.165, 1.54) is 15.9 Å². The first-order valence-corrected chi connectivity index (χ1v) is 11.0. The van der Waals surface area contributed by atoms with Gasteiger partial charge in [0.2, 0.25) is 0 Å². The Labute approximate surface area is 179 Å². The van der Waals surface area contributed by atoms with Crippen LogP contribution in [0.1, 0.15) is 13.3 Å². The van der Waals surface area contributed by atoms with E-state index >= 15 is 0 Å². The van der Waals surface area contributed by atoms with Crippen LogP contribution in [0.4, 0.5) is 0 Å². The van der Waals surface area contributed by atoms with Gasteiger partial charge in [0, 0.05) is 0 Å². The van der Waals surface area contributed by atoms with Crippen LogP contribution in [0.25, 0.3) is 0 Å². The maximum absolute atomic E-state index is 12.2. The summed E-state index contributed by atoms with van der Waals surface area (Å²) in [5, 5.41) is 3.88. The molecular formula is C23H24IO2P. The molecule has 0 saturated carbocycles. The summed E-state index contributed by atoms with van der Waals surface area (Å²) in [7, 11) is -1.93. The molecule has 0 aliphatic carbocycles. The molecule has 3 aromatic carbocycles. The summed E-state index contributed by atoms with van der Waals surface area (Å²) in [5.41, 5.74) is 0. The van der Waals surface area contributed by atoms with E-state index in [0.717, 1.165) is 6.16 Å². The van der Waals surface area contributed by atoms with Gasteiger partial charge >= 0.3 is 5.97 Å². The molecule has 0 unspecified atom stereocenters. The lowest BCUT2D eigenvalue weighted by Crippen LogP contribution is -3.00. The molecule has 0 amide bonds. The lowest BCUT2D eigenvalue weighted by atomic mass is 10.3. The van der Waals surface area contributed by atoms with Crippen LogP contribution in [0.15, 0.2) is 91.0 Å². The van der Waals surface area contributed by atoms with Crippen molar-refractivity contribution in [3.8, 4) is 0 Å². The van der Waals surface area contributed by atoms with E-state index in [4.69, 9.17) is 4.74 Å². The van der Waals surface area contributed by atoms with Gasteiger partial charge in [-0.1, -0.05) is 54.6 Å². The Hall–Kier alpha value is -1.71. The molecule has 0 atom stereocenters. The van der Waals surface area contributed by atoms with Gasteiger partial charge in [0.25, 0.3) is 0 Å². The minimum Gasteiger partial charge on any atom is -1.00 e. The van der Waals surface area contributed by atoms with Crippen LogP contribution in [0, 0.1) is 0 Å². The second-order valence-corrected chi connectivity index (χ2v) is 9.71. The second kappa shape index (κ2) is 10.6. The van der Waals surface area contributed by atoms with Crippen LogP contribution >= 0.6 is 7.26 Å². The maximum atomic E-state index is 12.2. The fourth-order valence-electron chi connectivity index (χ4n) is 3.37. The molecule has 0 N–H and O–H groups in total. The van der Waals surface area contributed by atoms with Crippen molar-refractivity contribution in [3.05, 3.63) is 91.0 Å². The van der Waals surface area contributed by atoms with Gasteiger partial charge in [0.15, 0.2) is 0 Å². The number of hydrogen-bond acceptors (Lipinski definition) is 2. The first kappa shape index (κ1) is 21.6. The highest BCUT2D eigenvalue weighted by Gasteiger charge is 2.45. The van der Waals surface area contributed by atoms with E-state index in [-0.39, 0.29) is 29.9 Å². The predicted octanol–water partition coefficient (Wildman–Crippen LogP) is 0.938. The molecule has 0 heterocycles. The number of benzene rings is 3. The zero-order valence-electron chi connectivity index (χ0n) is 15.4. The molecule has 0 radical (unpaired) electrons. The van der Waals surface area contributed by atoms with Gasteiger partial charge in [-0.3, -0.25) is 4.79 Å². The number of rotatable bonds is 7. The monoisotopic (exact) mass is 490 g/mol. The van der Waals surface area contributed by atoms with E-state index in [2.05, 4.69) is 72.8 Å². The molecule has 0 aromatic heterocycles. The van der Waals surface area contributed by atoms with Crippen molar-refractivity contribution in [2.24, 2.45) is 0 Å². The quantitative estimate of drug-likeness (QED) is 0.280. The van der Waals surface area contributed by atoms with Crippen LogP contribution in [0.2, 0.25) is 0 Å². The SMILES string of the molecule is CCOC(=O)CC[P+](c1ccccc1)(c1ccccc1)c1ccccc1.[I-]. The molecule has 0 saturated heterocycles. The largest absolute Gasteiger partial charge is 1.00 e. The van der Waals surface area contributed by atoms with E-state index in [9.17, 15) is 4.79 Å². The van der Waals surface area contributed by atoms with Crippen molar-refractivity contribution in [3.63, 3.8) is 0 Å². The van der Waals surface area contributed by atoms with Crippen molar-refractivity contribution in [1.82, 2.24) is 0 Å². The summed E-state index contributed by atoms with van der Waals surface area (Å²) in [5.74, 6) is -0.125. The van der Waals surface area contributed by atoms with E-state index in [1.54, 1.807) is 0 Å². The number of carbonyl (C=O) groups is 1. The first-order valence-electron chi connectivity index (χ1n) is 8.98. The third-order valence-electron chi connectivity index (χ3n) is 4.55. The molecule has 0 bridgehead atoms. The van der Waals surface area contributed by atoms with Crippen LogP contribution in [0.5, 0.6) is 0 Å². The average molecular weight is 490 g/mol. The fourth-order valence-corrected chi connectivity index (χ4v) is 7.60. The number of ether oxygens (including phenoxy) is 1. The lowest BCUT2D eigenvalue weighted by molar-refractivity contribution is -0.142. The number of hydrogen-bond donors (Lipinski definition) is 0. The molecule has 3 aromatic rings. The molecule has 27 heavy (non-hydrogen) atoms. The minimum absolute atomic E-state index is 0. The van der Waals surface area contributed by atoms with Gasteiger partial charge in [-0.2, -0.15) is 0 Å². The molecule has 0 aliphatic rings. The van der Waals surface area contributed by atoms with Gasteiger partial charge in [0.05, 0.1) is 19.2 Å². The lowest BCUT2D eigenvalue weighted by Gasteiger charge is -2.27. The second-order valence-electron chi connectivity index (χ2n) is 6.10. The molecular weight excluding hydrogens is 466 g/mol. The Morgan fingerprint density at radius 1 is 0.741 bits per heavy atom. The third-order valence-corrected chi connectivity index (χ3v) is 8.98. The summed E-state index contributed by atoms with van der Waals surface area (Å²) >= 11 is 0. The molecule has 0 aliphatic heterocycles. The predicted molar refractivity (Wildman–Crippen MR) is 111 cm³/mol. The number of carbonyl (C=O) groups excluding carboxylic acids is 1. The van der Waals surface area contributed by atoms with E-state index < -0.39 is 7.26 Å². The Bertz CT molecular complexity index is 726. The van der Waals surface area contributed by atoms with Gasteiger partial charge in [-0.05, 0) is 43.3 Å². The molecule has 0 fully saturated rings. The van der Waals surface area contributed by atoms with Crippen molar-refractivity contribution < 1.29 is 33.5 Å². The van der Waals surface area contributed by atoms with Gasteiger partial charge < -0.3 is 28.7 Å². The first-order chi connectivity index (χ1) is 12.8. The van der Waals surface area contributed by atoms with E-state index in [1.807, 2.05) is 25.1 Å². The van der Waals surface area contributed by atoms with Crippen LogP contribution in [-0.2, 0) is 9.53 Å². The van der Waals surface area contributed by atoms with Crippen LogP contribution in [-0.4, -0.2) is 18.7 Å². The Morgan fingerprint density at radius 3 is 1.44 bits per heavy atom. The average Bonchev–Trinajstić information content (AvgIpc) is 2.71. The summed E-state index contributed by atoms with van der Waals surface area (Å²) in [6.45, 7) is 2.28. The van der Waals surface area contributed by atoms with E-state index in [0.29, 0.717) is 13.0 Å². The summed E-state index contributed by atoms with van der Waals surface area (Å²) in [6, 6.07) is 31.8. The summed E-state index contributed by atoms with van der Waals surface area (Å²) in [6.07, 6.45) is 1.18. The number of esters is 1. The number of halogens is 1. The van der Waals surface area contributed by atoms with Crippen molar-refractivity contribution >= 4 is 29.1 Å². The highest BCUT2D eigenvalue weighted by atomic mass is 127. The topological polar surface area (TPSA) is 26.3 Å². The van der Waals surface area contributed by atoms with Crippen molar-refractivity contribution in [2.45, 2.75) is 13.3 Å². The zero-order valence-corrected chi connectivity index (χ0v) is 18.5. The highest BCUT2D eigenvalue weighted by molar-refractivity contribution is 7.95. The molecule has 2 nitrogen and oxygen atoms in total. The fraction of sp³-hybridized carbons (Fsp3) is 0.174. The highest BCUT2D eigenvalue weighted by Crippen LogP contribution is 2.55. The Kier molecular flexibility index (Phi) is 8.46. The van der Waals surface area contributed by atoms with Crippen molar-refractivity contribution in [2.75, 3.05) is 12.8 Å². The maximum Gasteiger partial charge on any atom is 0.309 e. The smallest absolute Gasteiger partial charge is 0.309 e. The van der Waals surface area contributed by atoms with Gasteiger partial charge in [0.1, 0.15) is 23.2 Å². The molecule has 140 valence electrons. The normalized spacial score (nSPS) is 10.7. The Morgan fingerprint density at radius 2 is 1.11 bits per heavy atom. The van der Waals surface area contributed by atoms with Crippen LogP contribution in [0.3, 0.4) is 0 Å². The molecule has 4 heteroatoms. The van der Waals surface area contributed by atoms with Gasteiger partial charge in [-0.25, -0.2) is 0 Å². The molecule has 3 rings (SSSR count). The zero-order chi connectivity index (χ0) is 18.2. The van der Waals surface area contributed by atoms with Crippen molar-refractivity contribution in [1.29, 1.82) is 0 Å². The minimum atomic E-state index is -1.93. The Balaban J connectivity index is 0.00000261.